The van der Waals surface area contributed by atoms with Crippen LogP contribution in [0.2, 0.25) is 0 Å². The summed E-state index contributed by atoms with van der Waals surface area (Å²) >= 11 is 0. The molecule has 0 aliphatic carbocycles. The zero-order valence-electron chi connectivity index (χ0n) is 15.0. The molecule has 0 unspecified atom stereocenters. The molecule has 1 amide bonds. The van der Waals surface area contributed by atoms with Crippen molar-refractivity contribution < 1.29 is 9.59 Å². The minimum absolute atomic E-state index is 0.278. The van der Waals surface area contributed by atoms with E-state index in [1.807, 2.05) is 54.7 Å². The molecular formula is C22H18N4O2. The average molecular weight is 370 g/mol. The summed E-state index contributed by atoms with van der Waals surface area (Å²) in [6, 6.07) is 19.8. The number of aldehydes is 1. The van der Waals surface area contributed by atoms with Gasteiger partial charge in [-0.05, 0) is 35.9 Å². The van der Waals surface area contributed by atoms with Crippen molar-refractivity contribution in [2.24, 2.45) is 0 Å². The fraction of sp³-hybridized carbons (Fsp3) is 0.0455. The van der Waals surface area contributed by atoms with Gasteiger partial charge < -0.3 is 15.2 Å². The van der Waals surface area contributed by atoms with Crippen LogP contribution in [-0.4, -0.2) is 21.7 Å². The first-order chi connectivity index (χ1) is 13.7. The Labute approximate surface area is 161 Å². The van der Waals surface area contributed by atoms with Crippen LogP contribution in [0.25, 0.3) is 10.9 Å². The predicted molar refractivity (Wildman–Crippen MR) is 110 cm³/mol. The fourth-order valence-corrected chi connectivity index (χ4v) is 3.13. The number of rotatable bonds is 6. The molecule has 0 radical (unpaired) electrons. The molecule has 6 nitrogen and oxygen atoms in total. The van der Waals surface area contributed by atoms with E-state index in [1.54, 1.807) is 12.4 Å². The Kier molecular flexibility index (Phi) is 4.84. The van der Waals surface area contributed by atoms with E-state index in [0.717, 1.165) is 27.8 Å². The Morgan fingerprint density at radius 1 is 0.964 bits per heavy atom. The number of anilines is 3. The van der Waals surface area contributed by atoms with E-state index in [0.29, 0.717) is 12.2 Å². The van der Waals surface area contributed by atoms with Crippen molar-refractivity contribution in [2.75, 3.05) is 10.6 Å². The molecule has 0 aliphatic rings. The second-order valence-electron chi connectivity index (χ2n) is 6.35. The van der Waals surface area contributed by atoms with E-state index in [4.69, 9.17) is 0 Å². The molecule has 2 aromatic carbocycles. The maximum absolute atomic E-state index is 11.5. The summed E-state index contributed by atoms with van der Waals surface area (Å²) in [5.74, 6) is -0.658. The number of para-hydroxylation sites is 1. The Morgan fingerprint density at radius 2 is 1.68 bits per heavy atom. The molecule has 4 aromatic rings. The van der Waals surface area contributed by atoms with Gasteiger partial charge in [0.05, 0.1) is 11.2 Å². The molecule has 0 fully saturated rings. The van der Waals surface area contributed by atoms with Gasteiger partial charge in [0.2, 0.25) is 6.29 Å². The van der Waals surface area contributed by atoms with Gasteiger partial charge in [0.1, 0.15) is 0 Å². The van der Waals surface area contributed by atoms with Crippen LogP contribution in [-0.2, 0) is 16.1 Å². The van der Waals surface area contributed by atoms with Crippen LogP contribution < -0.4 is 10.6 Å². The number of hydrogen-bond acceptors (Lipinski definition) is 4. The van der Waals surface area contributed by atoms with E-state index in [2.05, 4.69) is 32.3 Å². The minimum atomic E-state index is -0.658. The second kappa shape index (κ2) is 7.75. The Bertz CT molecular complexity index is 1120. The maximum atomic E-state index is 11.5. The molecular weight excluding hydrogens is 352 g/mol. The van der Waals surface area contributed by atoms with Crippen LogP contribution >= 0.6 is 0 Å². The highest BCUT2D eigenvalue weighted by Crippen LogP contribution is 2.27. The largest absolute Gasteiger partial charge is 0.355 e. The number of pyridine rings is 1. The Morgan fingerprint density at radius 3 is 2.43 bits per heavy atom. The molecule has 6 heteroatoms. The fourth-order valence-electron chi connectivity index (χ4n) is 3.13. The van der Waals surface area contributed by atoms with E-state index >= 15 is 0 Å². The molecule has 0 aliphatic heterocycles. The SMILES string of the molecule is O=CC(=O)Nc1cn(Cc2ccc(Nc3ccncc3)cc2)c2ccccc12. The van der Waals surface area contributed by atoms with Crippen molar-refractivity contribution in [1.82, 2.24) is 9.55 Å². The van der Waals surface area contributed by atoms with Gasteiger partial charge in [0.15, 0.2) is 0 Å². The first kappa shape index (κ1) is 17.5. The summed E-state index contributed by atoms with van der Waals surface area (Å²) in [6.45, 7) is 0.646. The minimum Gasteiger partial charge on any atom is -0.355 e. The number of carbonyl (C=O) groups is 2. The summed E-state index contributed by atoms with van der Waals surface area (Å²) in [5, 5.41) is 6.86. The third-order valence-electron chi connectivity index (χ3n) is 4.43. The van der Waals surface area contributed by atoms with E-state index in [1.165, 1.54) is 0 Å². The highest BCUT2D eigenvalue weighted by molar-refractivity contribution is 6.30. The maximum Gasteiger partial charge on any atom is 0.288 e. The highest BCUT2D eigenvalue weighted by atomic mass is 16.2. The van der Waals surface area contributed by atoms with Crippen molar-refractivity contribution in [3.8, 4) is 0 Å². The standard InChI is InChI=1S/C22H18N4O2/c27-15-22(28)25-20-14-26(21-4-2-1-3-19(20)21)13-16-5-7-17(8-6-16)24-18-9-11-23-12-10-18/h1-12,14-15H,13H2,(H,23,24)(H,25,28). The molecule has 0 atom stereocenters. The Hall–Kier alpha value is -3.93. The van der Waals surface area contributed by atoms with E-state index in [9.17, 15) is 9.59 Å². The number of aromatic nitrogens is 2. The van der Waals surface area contributed by atoms with Crippen molar-refractivity contribution >= 4 is 40.2 Å². The summed E-state index contributed by atoms with van der Waals surface area (Å²) in [5.41, 5.74) is 4.71. The summed E-state index contributed by atoms with van der Waals surface area (Å²) < 4.78 is 2.06. The summed E-state index contributed by atoms with van der Waals surface area (Å²) in [6.07, 6.45) is 5.62. The van der Waals surface area contributed by atoms with E-state index in [-0.39, 0.29) is 6.29 Å². The summed E-state index contributed by atoms with van der Waals surface area (Å²) in [4.78, 5) is 26.2. The first-order valence-corrected chi connectivity index (χ1v) is 8.83. The molecule has 2 heterocycles. The van der Waals surface area contributed by atoms with Crippen molar-refractivity contribution in [3.05, 3.63) is 84.8 Å². The van der Waals surface area contributed by atoms with Gasteiger partial charge in [-0.15, -0.1) is 0 Å². The Balaban J connectivity index is 1.56. The van der Waals surface area contributed by atoms with Crippen LogP contribution in [0.4, 0.5) is 17.1 Å². The quantitative estimate of drug-likeness (QED) is 0.398. The molecule has 2 N–H and O–H groups in total. The lowest BCUT2D eigenvalue weighted by molar-refractivity contribution is -0.127. The van der Waals surface area contributed by atoms with Gasteiger partial charge in [-0.3, -0.25) is 14.6 Å². The van der Waals surface area contributed by atoms with Crippen molar-refractivity contribution in [3.63, 3.8) is 0 Å². The van der Waals surface area contributed by atoms with Gasteiger partial charge in [-0.1, -0.05) is 30.3 Å². The highest BCUT2D eigenvalue weighted by Gasteiger charge is 2.10. The van der Waals surface area contributed by atoms with Gasteiger partial charge in [0, 0.05) is 41.9 Å². The molecule has 4 rings (SSSR count). The smallest absolute Gasteiger partial charge is 0.288 e. The van der Waals surface area contributed by atoms with E-state index < -0.39 is 5.91 Å². The number of fused-ring (bicyclic) bond motifs is 1. The molecule has 28 heavy (non-hydrogen) atoms. The number of carbonyl (C=O) groups excluding carboxylic acids is 2. The third kappa shape index (κ3) is 3.76. The monoisotopic (exact) mass is 370 g/mol. The lowest BCUT2D eigenvalue weighted by Gasteiger charge is -2.09. The van der Waals surface area contributed by atoms with Gasteiger partial charge in [-0.2, -0.15) is 0 Å². The normalized spacial score (nSPS) is 10.6. The number of benzene rings is 2. The molecule has 138 valence electrons. The third-order valence-corrected chi connectivity index (χ3v) is 4.43. The van der Waals surface area contributed by atoms with Crippen LogP contribution in [0.15, 0.2) is 79.3 Å². The van der Waals surface area contributed by atoms with Gasteiger partial charge in [-0.25, -0.2) is 0 Å². The van der Waals surface area contributed by atoms with Gasteiger partial charge in [0.25, 0.3) is 5.91 Å². The second-order valence-corrected chi connectivity index (χ2v) is 6.35. The number of amides is 1. The first-order valence-electron chi connectivity index (χ1n) is 8.83. The molecule has 0 saturated heterocycles. The topological polar surface area (TPSA) is 76.0 Å². The van der Waals surface area contributed by atoms with Crippen molar-refractivity contribution in [1.29, 1.82) is 0 Å². The number of nitrogens with one attached hydrogen (secondary N) is 2. The van der Waals surface area contributed by atoms with Crippen LogP contribution in [0, 0.1) is 0 Å². The molecule has 0 spiro atoms. The van der Waals surface area contributed by atoms with Crippen LogP contribution in [0.1, 0.15) is 5.56 Å². The lowest BCUT2D eigenvalue weighted by Crippen LogP contribution is -2.11. The molecule has 2 aromatic heterocycles. The lowest BCUT2D eigenvalue weighted by atomic mass is 10.2. The summed E-state index contributed by atoms with van der Waals surface area (Å²) in [7, 11) is 0. The average Bonchev–Trinajstić information content (AvgIpc) is 3.07. The zero-order valence-corrected chi connectivity index (χ0v) is 15.0. The number of nitrogens with zero attached hydrogens (tertiary/aromatic N) is 2. The predicted octanol–water partition coefficient (Wildman–Crippen LogP) is 3.97. The van der Waals surface area contributed by atoms with Gasteiger partial charge >= 0.3 is 0 Å². The van der Waals surface area contributed by atoms with Crippen molar-refractivity contribution in [2.45, 2.75) is 6.54 Å². The number of hydrogen-bond donors (Lipinski definition) is 2. The van der Waals surface area contributed by atoms with Crippen LogP contribution in [0.5, 0.6) is 0 Å². The van der Waals surface area contributed by atoms with Crippen LogP contribution in [0.3, 0.4) is 0 Å². The zero-order chi connectivity index (χ0) is 19.3. The molecule has 0 saturated carbocycles. The molecule has 0 bridgehead atoms.